The van der Waals surface area contributed by atoms with Gasteiger partial charge in [-0.25, -0.2) is 0 Å². The van der Waals surface area contributed by atoms with Gasteiger partial charge in [0.15, 0.2) is 0 Å². The predicted molar refractivity (Wildman–Crippen MR) is 75.2 cm³/mol. The molecule has 0 unspecified atom stereocenters. The first-order valence-electron chi connectivity index (χ1n) is 6.35. The number of nitrogens with one attached hydrogen (secondary N) is 1. The average molecular weight is 246 g/mol. The first-order valence-corrected chi connectivity index (χ1v) is 6.35. The van der Waals surface area contributed by atoms with Crippen LogP contribution in [0, 0.1) is 0 Å². The van der Waals surface area contributed by atoms with Crippen LogP contribution < -0.4 is 5.32 Å². The van der Waals surface area contributed by atoms with Crippen molar-refractivity contribution in [3.8, 4) is 0 Å². The Morgan fingerprint density at radius 2 is 2.11 bits per heavy atom. The summed E-state index contributed by atoms with van der Waals surface area (Å²) in [7, 11) is 1.90. The standard InChI is InChI=1S/C15H22N2O/c1-3-12-17(15(18)10-7-11-16-2)13-14-8-5-4-6-9-14/h3-6,8-9,16H,1,7,10-13H2,2H3. The van der Waals surface area contributed by atoms with Crippen molar-refractivity contribution in [1.29, 1.82) is 0 Å². The number of hydrogen-bond donors (Lipinski definition) is 1. The quantitative estimate of drug-likeness (QED) is 0.563. The molecule has 0 radical (unpaired) electrons. The van der Waals surface area contributed by atoms with Gasteiger partial charge in [-0.1, -0.05) is 36.4 Å². The van der Waals surface area contributed by atoms with E-state index in [-0.39, 0.29) is 5.91 Å². The van der Waals surface area contributed by atoms with E-state index in [2.05, 4.69) is 11.9 Å². The highest BCUT2D eigenvalue weighted by atomic mass is 16.2. The third-order valence-electron chi connectivity index (χ3n) is 2.74. The van der Waals surface area contributed by atoms with E-state index in [1.165, 1.54) is 0 Å². The summed E-state index contributed by atoms with van der Waals surface area (Å²) in [6.45, 7) is 5.85. The monoisotopic (exact) mass is 246 g/mol. The molecule has 0 aromatic heterocycles. The van der Waals surface area contributed by atoms with Gasteiger partial charge in [0.2, 0.25) is 5.91 Å². The number of carbonyl (C=O) groups is 1. The molecular formula is C15H22N2O. The van der Waals surface area contributed by atoms with E-state index in [9.17, 15) is 4.79 Å². The van der Waals surface area contributed by atoms with Crippen LogP contribution in [0.1, 0.15) is 18.4 Å². The summed E-state index contributed by atoms with van der Waals surface area (Å²) in [6, 6.07) is 10.0. The van der Waals surface area contributed by atoms with Crippen molar-refractivity contribution >= 4 is 5.91 Å². The van der Waals surface area contributed by atoms with E-state index in [4.69, 9.17) is 0 Å². The zero-order valence-corrected chi connectivity index (χ0v) is 11.1. The summed E-state index contributed by atoms with van der Waals surface area (Å²) in [5.41, 5.74) is 1.15. The highest BCUT2D eigenvalue weighted by Crippen LogP contribution is 2.07. The molecule has 1 aromatic rings. The lowest BCUT2D eigenvalue weighted by molar-refractivity contribution is -0.131. The second-order valence-corrected chi connectivity index (χ2v) is 4.26. The fourth-order valence-corrected chi connectivity index (χ4v) is 1.79. The first kappa shape index (κ1) is 14.5. The SMILES string of the molecule is C=CCN(Cc1ccccc1)C(=O)CCCNC. The normalized spacial score (nSPS) is 10.1. The lowest BCUT2D eigenvalue weighted by atomic mass is 10.2. The van der Waals surface area contributed by atoms with Crippen LogP contribution in [0.25, 0.3) is 0 Å². The third-order valence-corrected chi connectivity index (χ3v) is 2.74. The largest absolute Gasteiger partial charge is 0.335 e. The highest BCUT2D eigenvalue weighted by Gasteiger charge is 2.11. The molecule has 0 aliphatic rings. The molecule has 3 heteroatoms. The van der Waals surface area contributed by atoms with Gasteiger partial charge in [-0.3, -0.25) is 4.79 Å². The van der Waals surface area contributed by atoms with Gasteiger partial charge < -0.3 is 10.2 Å². The number of hydrogen-bond acceptors (Lipinski definition) is 2. The summed E-state index contributed by atoms with van der Waals surface area (Å²) in [6.07, 6.45) is 3.23. The topological polar surface area (TPSA) is 32.3 Å². The summed E-state index contributed by atoms with van der Waals surface area (Å²) in [4.78, 5) is 13.9. The highest BCUT2D eigenvalue weighted by molar-refractivity contribution is 5.76. The zero-order chi connectivity index (χ0) is 13.2. The van der Waals surface area contributed by atoms with Crippen molar-refractivity contribution < 1.29 is 4.79 Å². The van der Waals surface area contributed by atoms with Crippen molar-refractivity contribution in [2.75, 3.05) is 20.1 Å². The van der Waals surface area contributed by atoms with Crippen molar-refractivity contribution in [2.45, 2.75) is 19.4 Å². The Balaban J connectivity index is 2.53. The fraction of sp³-hybridized carbons (Fsp3) is 0.400. The second-order valence-electron chi connectivity index (χ2n) is 4.26. The van der Waals surface area contributed by atoms with Gasteiger partial charge in [-0.15, -0.1) is 6.58 Å². The molecular weight excluding hydrogens is 224 g/mol. The minimum Gasteiger partial charge on any atom is -0.335 e. The Morgan fingerprint density at radius 3 is 2.72 bits per heavy atom. The smallest absolute Gasteiger partial charge is 0.223 e. The molecule has 0 aliphatic carbocycles. The lowest BCUT2D eigenvalue weighted by Gasteiger charge is -2.21. The van der Waals surface area contributed by atoms with Crippen molar-refractivity contribution in [3.05, 3.63) is 48.6 Å². The van der Waals surface area contributed by atoms with E-state index < -0.39 is 0 Å². The number of carbonyl (C=O) groups excluding carboxylic acids is 1. The number of rotatable bonds is 8. The lowest BCUT2D eigenvalue weighted by Crippen LogP contribution is -2.31. The van der Waals surface area contributed by atoms with E-state index in [0.717, 1.165) is 18.5 Å². The summed E-state index contributed by atoms with van der Waals surface area (Å²) >= 11 is 0. The van der Waals surface area contributed by atoms with Crippen molar-refractivity contribution in [3.63, 3.8) is 0 Å². The molecule has 0 fully saturated rings. The van der Waals surface area contributed by atoms with E-state index >= 15 is 0 Å². The average Bonchev–Trinajstić information content (AvgIpc) is 2.39. The van der Waals surface area contributed by atoms with E-state index in [1.807, 2.05) is 42.3 Å². The number of benzene rings is 1. The van der Waals surface area contributed by atoms with Crippen LogP contribution in [-0.2, 0) is 11.3 Å². The molecule has 0 aliphatic heterocycles. The maximum atomic E-state index is 12.1. The Labute approximate surface area is 109 Å². The summed E-state index contributed by atoms with van der Waals surface area (Å²) in [5, 5.41) is 3.05. The third kappa shape index (κ3) is 5.15. The second kappa shape index (κ2) is 8.48. The van der Waals surface area contributed by atoms with Crippen LogP contribution in [0.4, 0.5) is 0 Å². The molecule has 0 atom stereocenters. The molecule has 1 aromatic carbocycles. The van der Waals surface area contributed by atoms with E-state index in [1.54, 1.807) is 6.08 Å². The molecule has 1 N–H and O–H groups in total. The molecule has 0 saturated heterocycles. The molecule has 0 bridgehead atoms. The van der Waals surface area contributed by atoms with Crippen LogP contribution in [0.15, 0.2) is 43.0 Å². The molecule has 0 spiro atoms. The Hall–Kier alpha value is -1.61. The Bertz CT molecular complexity index is 362. The molecule has 3 nitrogen and oxygen atoms in total. The van der Waals surface area contributed by atoms with Gasteiger partial charge in [0.25, 0.3) is 0 Å². The summed E-state index contributed by atoms with van der Waals surface area (Å²) < 4.78 is 0. The van der Waals surface area contributed by atoms with Crippen molar-refractivity contribution in [2.24, 2.45) is 0 Å². The number of nitrogens with zero attached hydrogens (tertiary/aromatic N) is 1. The van der Waals surface area contributed by atoms with Crippen LogP contribution in [0.3, 0.4) is 0 Å². The summed E-state index contributed by atoms with van der Waals surface area (Å²) in [5.74, 6) is 0.189. The molecule has 0 heterocycles. The van der Waals surface area contributed by atoms with Gasteiger partial charge in [0.05, 0.1) is 0 Å². The number of amides is 1. The van der Waals surface area contributed by atoms with E-state index in [0.29, 0.717) is 19.5 Å². The van der Waals surface area contributed by atoms with Gasteiger partial charge in [-0.05, 0) is 25.6 Å². The maximum Gasteiger partial charge on any atom is 0.223 e. The van der Waals surface area contributed by atoms with Gasteiger partial charge >= 0.3 is 0 Å². The molecule has 1 amide bonds. The van der Waals surface area contributed by atoms with Gasteiger partial charge in [0, 0.05) is 19.5 Å². The minimum absolute atomic E-state index is 0.189. The molecule has 98 valence electrons. The van der Waals surface area contributed by atoms with Crippen LogP contribution in [0.2, 0.25) is 0 Å². The first-order chi connectivity index (χ1) is 8.77. The van der Waals surface area contributed by atoms with Gasteiger partial charge in [0.1, 0.15) is 0 Å². The van der Waals surface area contributed by atoms with Crippen LogP contribution in [-0.4, -0.2) is 30.9 Å². The molecule has 0 saturated carbocycles. The predicted octanol–water partition coefficient (Wildman–Crippen LogP) is 2.20. The zero-order valence-electron chi connectivity index (χ0n) is 11.1. The maximum absolute atomic E-state index is 12.1. The van der Waals surface area contributed by atoms with Crippen LogP contribution in [0.5, 0.6) is 0 Å². The van der Waals surface area contributed by atoms with Crippen LogP contribution >= 0.6 is 0 Å². The van der Waals surface area contributed by atoms with Gasteiger partial charge in [-0.2, -0.15) is 0 Å². The Morgan fingerprint density at radius 1 is 1.39 bits per heavy atom. The Kier molecular flexibility index (Phi) is 6.81. The molecule has 18 heavy (non-hydrogen) atoms. The minimum atomic E-state index is 0.189. The van der Waals surface area contributed by atoms with Crippen molar-refractivity contribution in [1.82, 2.24) is 10.2 Å². The molecule has 1 rings (SSSR count). The fourth-order valence-electron chi connectivity index (χ4n) is 1.79.